The number of carbonyl (C=O) groups excluding carboxylic acids is 3. The summed E-state index contributed by atoms with van der Waals surface area (Å²) < 4.78 is 0. The van der Waals surface area contributed by atoms with Crippen molar-refractivity contribution in [1.82, 2.24) is 26.6 Å². The SMILES string of the molecule is CC(C)CCC[C@@H](C)[C@H]1CC[C@H]2[C@@H]3CC=C4C[C@@H](NCCCNC(=O)CCCCCNC(=O)CCCC[C@@H]5SC[C@@H]6NC(=O)N[C@@H]65)CC[C@]4(C)[C@H]3CC[C@]12C. The summed E-state index contributed by atoms with van der Waals surface area (Å²) in [6.45, 7) is 15.1. The van der Waals surface area contributed by atoms with Gasteiger partial charge in [-0.25, -0.2) is 4.79 Å². The van der Waals surface area contributed by atoms with Gasteiger partial charge in [0.25, 0.3) is 0 Å². The van der Waals surface area contributed by atoms with Crippen LogP contribution in [-0.2, 0) is 9.59 Å². The minimum Gasteiger partial charge on any atom is -0.356 e. The molecule has 0 unspecified atom stereocenters. The Labute approximate surface area is 339 Å². The molecular formula is C46H79N5O3S. The maximum Gasteiger partial charge on any atom is 0.315 e. The Kier molecular flexibility index (Phi) is 15.4. The van der Waals surface area contributed by atoms with Crippen molar-refractivity contribution in [1.29, 1.82) is 0 Å². The third-order valence-corrected chi connectivity index (χ3v) is 17.4. The van der Waals surface area contributed by atoms with Gasteiger partial charge in [-0.3, -0.25) is 9.59 Å². The molecule has 11 atom stereocenters. The molecule has 2 heterocycles. The van der Waals surface area contributed by atoms with Crippen molar-refractivity contribution >= 4 is 29.6 Å². The first-order valence-electron chi connectivity index (χ1n) is 23.1. The lowest BCUT2D eigenvalue weighted by Crippen LogP contribution is -2.51. The molecule has 5 fully saturated rings. The fourth-order valence-corrected chi connectivity index (χ4v) is 14.3. The largest absolute Gasteiger partial charge is 0.356 e. The molecule has 0 aromatic rings. The van der Waals surface area contributed by atoms with Crippen LogP contribution >= 0.6 is 11.8 Å². The second-order valence-electron chi connectivity index (χ2n) is 19.9. The van der Waals surface area contributed by atoms with Crippen LogP contribution in [0.4, 0.5) is 4.79 Å². The summed E-state index contributed by atoms with van der Waals surface area (Å²) in [5.74, 6) is 6.59. The van der Waals surface area contributed by atoms with Crippen molar-refractivity contribution in [3.05, 3.63) is 11.6 Å². The van der Waals surface area contributed by atoms with Crippen LogP contribution < -0.4 is 26.6 Å². The Morgan fingerprint density at radius 2 is 1.60 bits per heavy atom. The van der Waals surface area contributed by atoms with Gasteiger partial charge in [-0.2, -0.15) is 11.8 Å². The average Bonchev–Trinajstić information content (AvgIpc) is 3.82. The number of fused-ring (bicyclic) bond motifs is 6. The molecule has 2 aliphatic heterocycles. The second-order valence-corrected chi connectivity index (χ2v) is 21.2. The summed E-state index contributed by atoms with van der Waals surface area (Å²) in [7, 11) is 0. The molecule has 6 rings (SSSR count). The van der Waals surface area contributed by atoms with E-state index in [0.717, 1.165) is 99.3 Å². The minimum absolute atomic E-state index is 0.0413. The van der Waals surface area contributed by atoms with Gasteiger partial charge in [0.2, 0.25) is 11.8 Å². The Morgan fingerprint density at radius 3 is 2.38 bits per heavy atom. The van der Waals surface area contributed by atoms with Gasteiger partial charge in [-0.05, 0) is 136 Å². The van der Waals surface area contributed by atoms with Crippen LogP contribution in [0, 0.1) is 46.3 Å². The van der Waals surface area contributed by atoms with E-state index in [0.29, 0.717) is 41.5 Å². The van der Waals surface area contributed by atoms with Crippen molar-refractivity contribution in [2.24, 2.45) is 46.3 Å². The number of hydrogen-bond donors (Lipinski definition) is 5. The van der Waals surface area contributed by atoms with Crippen LogP contribution in [0.3, 0.4) is 0 Å². The summed E-state index contributed by atoms with van der Waals surface area (Å²) in [6, 6.07) is 1.03. The van der Waals surface area contributed by atoms with Gasteiger partial charge < -0.3 is 26.6 Å². The van der Waals surface area contributed by atoms with Crippen LogP contribution in [0.15, 0.2) is 11.6 Å². The molecule has 0 aromatic carbocycles. The number of unbranched alkanes of at least 4 members (excludes halogenated alkanes) is 3. The third-order valence-electron chi connectivity index (χ3n) is 15.9. The standard InChI is InChI=1S/C46H79N5O3S/c1-31(2)13-11-14-32(3)36-20-21-37-35-19-18-33-29-34(22-24-45(33,4)38(35)23-25-46(36,37)5)47-27-12-28-49-41(52)16-7-6-10-26-48-42(53)17-9-8-15-40-43-39(30-55-40)50-44(54)51-43/h18,31-32,34-40,43,47H,6-17,19-30H2,1-5H3,(H,48,53)(H,49,52)(H2,50,51,54)/t32-,34+,35+,36-,37+,38+,39+,40+,43+,45+,46-/m1/s1. The Morgan fingerprint density at radius 1 is 0.836 bits per heavy atom. The molecule has 0 aromatic heterocycles. The molecule has 312 valence electrons. The summed E-state index contributed by atoms with van der Waals surface area (Å²) in [5.41, 5.74) is 2.72. The van der Waals surface area contributed by atoms with Gasteiger partial charge in [0, 0.05) is 43.0 Å². The molecule has 0 spiro atoms. The van der Waals surface area contributed by atoms with Gasteiger partial charge in [0.05, 0.1) is 12.1 Å². The van der Waals surface area contributed by atoms with Crippen molar-refractivity contribution in [3.8, 4) is 0 Å². The van der Waals surface area contributed by atoms with Gasteiger partial charge in [-0.15, -0.1) is 0 Å². The lowest BCUT2D eigenvalue weighted by Gasteiger charge is -2.58. The third kappa shape index (κ3) is 10.7. The molecule has 2 saturated heterocycles. The zero-order valence-electron chi connectivity index (χ0n) is 35.5. The molecule has 8 nitrogen and oxygen atoms in total. The van der Waals surface area contributed by atoms with Gasteiger partial charge in [0.1, 0.15) is 0 Å². The van der Waals surface area contributed by atoms with Crippen molar-refractivity contribution in [2.45, 2.75) is 186 Å². The highest BCUT2D eigenvalue weighted by molar-refractivity contribution is 8.00. The maximum atomic E-state index is 12.4. The molecule has 4 aliphatic carbocycles. The van der Waals surface area contributed by atoms with Crippen molar-refractivity contribution < 1.29 is 14.4 Å². The number of urea groups is 1. The molecule has 0 radical (unpaired) electrons. The number of nitrogens with one attached hydrogen (secondary N) is 5. The highest BCUT2D eigenvalue weighted by Crippen LogP contribution is 2.67. The first-order valence-corrected chi connectivity index (χ1v) is 24.2. The van der Waals surface area contributed by atoms with Crippen LogP contribution in [0.2, 0.25) is 0 Å². The zero-order valence-corrected chi connectivity index (χ0v) is 36.3. The van der Waals surface area contributed by atoms with E-state index in [9.17, 15) is 14.4 Å². The first kappa shape index (κ1) is 42.9. The van der Waals surface area contributed by atoms with E-state index < -0.39 is 0 Å². The summed E-state index contributed by atoms with van der Waals surface area (Å²) in [5, 5.41) is 16.5. The van der Waals surface area contributed by atoms with E-state index >= 15 is 0 Å². The van der Waals surface area contributed by atoms with E-state index in [-0.39, 0.29) is 29.9 Å². The summed E-state index contributed by atoms with van der Waals surface area (Å²) in [6.07, 6.45) is 25.7. The Bertz CT molecular complexity index is 1320. The quantitative estimate of drug-likeness (QED) is 0.0454. The van der Waals surface area contributed by atoms with Crippen molar-refractivity contribution in [2.75, 3.05) is 25.4 Å². The van der Waals surface area contributed by atoms with E-state index in [4.69, 9.17) is 0 Å². The van der Waals surface area contributed by atoms with E-state index in [1.165, 1.54) is 70.6 Å². The fraction of sp³-hybridized carbons (Fsp3) is 0.891. The molecule has 0 bridgehead atoms. The number of rotatable bonds is 21. The second kappa shape index (κ2) is 19.8. The number of carbonyl (C=O) groups is 3. The number of allylic oxidation sites excluding steroid dienone is 1. The first-order chi connectivity index (χ1) is 26.5. The smallest absolute Gasteiger partial charge is 0.315 e. The number of hydrogen-bond acceptors (Lipinski definition) is 5. The van der Waals surface area contributed by atoms with E-state index in [1.54, 1.807) is 5.57 Å². The predicted octanol–water partition coefficient (Wildman–Crippen LogP) is 8.89. The van der Waals surface area contributed by atoms with Crippen LogP contribution in [0.25, 0.3) is 0 Å². The zero-order chi connectivity index (χ0) is 39.0. The molecule has 4 amide bonds. The van der Waals surface area contributed by atoms with E-state index in [1.807, 2.05) is 11.8 Å². The molecule has 5 N–H and O–H groups in total. The number of thioether (sulfide) groups is 1. The minimum atomic E-state index is -0.0413. The maximum absolute atomic E-state index is 12.4. The molecule has 3 saturated carbocycles. The summed E-state index contributed by atoms with van der Waals surface area (Å²) in [4.78, 5) is 36.2. The summed E-state index contributed by atoms with van der Waals surface area (Å²) >= 11 is 1.93. The average molecular weight is 782 g/mol. The molecule has 9 heteroatoms. The van der Waals surface area contributed by atoms with Crippen LogP contribution in [0.5, 0.6) is 0 Å². The van der Waals surface area contributed by atoms with Gasteiger partial charge >= 0.3 is 6.03 Å². The highest BCUT2D eigenvalue weighted by atomic mass is 32.2. The Hall–Kier alpha value is -1.74. The van der Waals surface area contributed by atoms with Crippen LogP contribution in [0.1, 0.15) is 163 Å². The number of amides is 4. The normalized spacial score (nSPS) is 35.5. The lowest BCUT2D eigenvalue weighted by molar-refractivity contribution is -0.122. The van der Waals surface area contributed by atoms with Gasteiger partial charge in [0.15, 0.2) is 0 Å². The molecule has 6 aliphatic rings. The predicted molar refractivity (Wildman–Crippen MR) is 228 cm³/mol. The lowest BCUT2D eigenvalue weighted by atomic mass is 9.47. The van der Waals surface area contributed by atoms with E-state index in [2.05, 4.69) is 67.3 Å². The molecule has 55 heavy (non-hydrogen) atoms. The van der Waals surface area contributed by atoms with Gasteiger partial charge in [-0.1, -0.05) is 78.4 Å². The van der Waals surface area contributed by atoms with Crippen molar-refractivity contribution in [3.63, 3.8) is 0 Å². The monoisotopic (exact) mass is 782 g/mol. The van der Waals surface area contributed by atoms with Crippen LogP contribution in [-0.4, -0.2) is 66.6 Å². The topological polar surface area (TPSA) is 111 Å². The Balaban J connectivity index is 0.785. The highest BCUT2D eigenvalue weighted by Gasteiger charge is 2.59. The molecular weight excluding hydrogens is 703 g/mol. The fourth-order valence-electron chi connectivity index (χ4n) is 12.7.